The summed E-state index contributed by atoms with van der Waals surface area (Å²) < 4.78 is 0. The molecular formula is C11H11N3O. The van der Waals surface area contributed by atoms with Gasteiger partial charge in [-0.2, -0.15) is 5.10 Å². The van der Waals surface area contributed by atoms with Crippen LogP contribution in [0.15, 0.2) is 29.4 Å². The maximum atomic E-state index is 11.2. The number of rotatable bonds is 1. The molecule has 3 rings (SSSR count). The van der Waals surface area contributed by atoms with Crippen molar-refractivity contribution in [1.29, 1.82) is 0 Å². The first-order chi connectivity index (χ1) is 7.25. The molecule has 0 spiro atoms. The summed E-state index contributed by atoms with van der Waals surface area (Å²) in [5, 5.41) is 4.11. The molecule has 1 aliphatic heterocycles. The molecule has 76 valence electrons. The molecule has 0 saturated heterocycles. The molecule has 15 heavy (non-hydrogen) atoms. The summed E-state index contributed by atoms with van der Waals surface area (Å²) >= 11 is 0. The first-order valence-electron chi connectivity index (χ1n) is 4.99. The molecule has 3 N–H and O–H groups in total. The van der Waals surface area contributed by atoms with Gasteiger partial charge in [-0.15, -0.1) is 0 Å². The molecule has 1 aliphatic carbocycles. The van der Waals surface area contributed by atoms with E-state index in [1.54, 1.807) is 0 Å². The predicted molar refractivity (Wildman–Crippen MR) is 57.1 cm³/mol. The van der Waals surface area contributed by atoms with Gasteiger partial charge in [-0.05, 0) is 24.1 Å². The molecular weight excluding hydrogens is 190 g/mol. The fraction of sp³-hybridized carbons (Fsp3) is 0.273. The summed E-state index contributed by atoms with van der Waals surface area (Å²) in [6, 6.07) is 7.60. The van der Waals surface area contributed by atoms with E-state index in [1.165, 1.54) is 0 Å². The number of amides is 1. The summed E-state index contributed by atoms with van der Waals surface area (Å²) in [4.78, 5) is 11.2. The van der Waals surface area contributed by atoms with Crippen LogP contribution in [0.25, 0.3) is 0 Å². The van der Waals surface area contributed by atoms with Crippen LogP contribution in [0.5, 0.6) is 0 Å². The number of nitrogens with zero attached hydrogens (tertiary/aromatic N) is 1. The van der Waals surface area contributed by atoms with Gasteiger partial charge in [-0.1, -0.05) is 12.1 Å². The average Bonchev–Trinajstić information content (AvgIpc) is 3.01. The molecule has 1 heterocycles. The van der Waals surface area contributed by atoms with E-state index in [-0.39, 0.29) is 11.8 Å². The molecule has 1 fully saturated rings. The van der Waals surface area contributed by atoms with Crippen molar-refractivity contribution in [3.8, 4) is 0 Å². The standard InChI is InChI=1S/C11H11N3O/c12-7-3-1-6(2-4-7)10-8-5-9(8)11(15)14-13-10/h1-4,8-9H,5,12H2,(H,14,15). The van der Waals surface area contributed by atoms with Crippen LogP contribution in [0, 0.1) is 11.8 Å². The third-order valence-electron chi connectivity index (χ3n) is 2.97. The Morgan fingerprint density at radius 1 is 1.27 bits per heavy atom. The summed E-state index contributed by atoms with van der Waals surface area (Å²) in [6.45, 7) is 0. The molecule has 4 heteroatoms. The van der Waals surface area contributed by atoms with Crippen molar-refractivity contribution in [3.63, 3.8) is 0 Å². The van der Waals surface area contributed by atoms with Crippen molar-refractivity contribution in [2.24, 2.45) is 16.9 Å². The Hall–Kier alpha value is -1.84. The van der Waals surface area contributed by atoms with E-state index in [2.05, 4.69) is 10.5 Å². The van der Waals surface area contributed by atoms with E-state index in [4.69, 9.17) is 5.73 Å². The van der Waals surface area contributed by atoms with Crippen molar-refractivity contribution in [3.05, 3.63) is 29.8 Å². The quantitative estimate of drug-likeness (QED) is 0.658. The van der Waals surface area contributed by atoms with Crippen LogP contribution in [0.2, 0.25) is 0 Å². The van der Waals surface area contributed by atoms with E-state index in [0.717, 1.165) is 23.4 Å². The highest BCUT2D eigenvalue weighted by atomic mass is 16.2. The SMILES string of the molecule is Nc1ccc(C2=NNC(=O)C3CC23)cc1. The second-order valence-corrected chi connectivity index (χ2v) is 4.04. The topological polar surface area (TPSA) is 67.5 Å². The van der Waals surface area contributed by atoms with Gasteiger partial charge in [0, 0.05) is 17.5 Å². The minimum Gasteiger partial charge on any atom is -0.399 e. The van der Waals surface area contributed by atoms with Crippen LogP contribution >= 0.6 is 0 Å². The molecule has 2 unspecified atom stereocenters. The van der Waals surface area contributed by atoms with Crippen LogP contribution in [-0.4, -0.2) is 11.6 Å². The largest absolute Gasteiger partial charge is 0.399 e. The third kappa shape index (κ3) is 1.29. The highest BCUT2D eigenvalue weighted by molar-refractivity contribution is 6.09. The van der Waals surface area contributed by atoms with Crippen molar-refractivity contribution in [2.45, 2.75) is 6.42 Å². The number of anilines is 1. The Labute approximate surface area is 87.2 Å². The van der Waals surface area contributed by atoms with Crippen LogP contribution in [0.3, 0.4) is 0 Å². The number of hydrogen-bond donors (Lipinski definition) is 2. The van der Waals surface area contributed by atoms with Gasteiger partial charge in [0.2, 0.25) is 5.91 Å². The van der Waals surface area contributed by atoms with E-state index >= 15 is 0 Å². The zero-order valence-electron chi connectivity index (χ0n) is 8.10. The maximum absolute atomic E-state index is 11.2. The lowest BCUT2D eigenvalue weighted by Crippen LogP contribution is -2.28. The minimum atomic E-state index is 0.0548. The zero-order chi connectivity index (χ0) is 10.4. The number of hydrogen-bond acceptors (Lipinski definition) is 3. The number of nitrogens with two attached hydrogens (primary N) is 1. The first kappa shape index (κ1) is 8.47. The van der Waals surface area contributed by atoms with Gasteiger partial charge in [0.05, 0.1) is 5.71 Å². The molecule has 1 aromatic rings. The molecule has 0 bridgehead atoms. The Bertz CT molecular complexity index is 449. The summed E-state index contributed by atoms with van der Waals surface area (Å²) in [5.74, 6) is 0.525. The molecule has 2 atom stereocenters. The van der Waals surface area contributed by atoms with Crippen LogP contribution < -0.4 is 11.2 Å². The lowest BCUT2D eigenvalue weighted by molar-refractivity contribution is -0.122. The van der Waals surface area contributed by atoms with Crippen LogP contribution in [-0.2, 0) is 4.79 Å². The average molecular weight is 201 g/mol. The molecule has 0 aromatic heterocycles. The number of nitrogens with one attached hydrogen (secondary N) is 1. The molecule has 0 radical (unpaired) electrons. The van der Waals surface area contributed by atoms with Gasteiger partial charge in [0.1, 0.15) is 0 Å². The van der Waals surface area contributed by atoms with Crippen molar-refractivity contribution < 1.29 is 4.79 Å². The summed E-state index contributed by atoms with van der Waals surface area (Å²) in [6.07, 6.45) is 0.926. The van der Waals surface area contributed by atoms with E-state index in [1.807, 2.05) is 24.3 Å². The van der Waals surface area contributed by atoms with Gasteiger partial charge >= 0.3 is 0 Å². The number of carbonyl (C=O) groups excluding carboxylic acids is 1. The lowest BCUT2D eigenvalue weighted by Gasteiger charge is -2.11. The van der Waals surface area contributed by atoms with Gasteiger partial charge in [-0.3, -0.25) is 4.79 Å². The maximum Gasteiger partial charge on any atom is 0.243 e. The van der Waals surface area contributed by atoms with Crippen molar-refractivity contribution in [2.75, 3.05) is 5.73 Å². The Morgan fingerprint density at radius 3 is 2.73 bits per heavy atom. The predicted octanol–water partition coefficient (Wildman–Crippen LogP) is 0.739. The fourth-order valence-corrected chi connectivity index (χ4v) is 2.00. The smallest absolute Gasteiger partial charge is 0.243 e. The van der Waals surface area contributed by atoms with Gasteiger partial charge < -0.3 is 5.73 Å². The first-order valence-corrected chi connectivity index (χ1v) is 4.99. The number of fused-ring (bicyclic) bond motifs is 1. The molecule has 2 aliphatic rings. The monoisotopic (exact) mass is 201 g/mol. The summed E-state index contributed by atoms with van der Waals surface area (Å²) in [7, 11) is 0. The normalized spacial score (nSPS) is 27.7. The van der Waals surface area contributed by atoms with Crippen LogP contribution in [0.1, 0.15) is 12.0 Å². The Balaban J connectivity index is 1.95. The number of carbonyl (C=O) groups is 1. The van der Waals surface area contributed by atoms with Crippen LogP contribution in [0.4, 0.5) is 5.69 Å². The van der Waals surface area contributed by atoms with E-state index in [0.29, 0.717) is 5.92 Å². The highest BCUT2D eigenvalue weighted by Gasteiger charge is 2.49. The Kier molecular flexibility index (Phi) is 1.59. The van der Waals surface area contributed by atoms with E-state index < -0.39 is 0 Å². The molecule has 1 amide bonds. The van der Waals surface area contributed by atoms with Gasteiger partial charge in [0.15, 0.2) is 0 Å². The minimum absolute atomic E-state index is 0.0548. The number of nitrogen functional groups attached to an aromatic ring is 1. The van der Waals surface area contributed by atoms with Gasteiger partial charge in [0.25, 0.3) is 0 Å². The van der Waals surface area contributed by atoms with E-state index in [9.17, 15) is 4.79 Å². The zero-order valence-corrected chi connectivity index (χ0v) is 8.10. The van der Waals surface area contributed by atoms with Gasteiger partial charge in [-0.25, -0.2) is 5.43 Å². The molecule has 4 nitrogen and oxygen atoms in total. The number of benzene rings is 1. The second kappa shape index (κ2) is 2.82. The Morgan fingerprint density at radius 2 is 2.00 bits per heavy atom. The molecule has 1 aromatic carbocycles. The third-order valence-corrected chi connectivity index (χ3v) is 2.97. The highest BCUT2D eigenvalue weighted by Crippen LogP contribution is 2.43. The summed E-state index contributed by atoms with van der Waals surface area (Å²) in [5.41, 5.74) is 10.9. The fourth-order valence-electron chi connectivity index (χ4n) is 2.00. The van der Waals surface area contributed by atoms with Crippen molar-refractivity contribution >= 4 is 17.3 Å². The number of hydrazone groups is 1. The molecule has 1 saturated carbocycles. The lowest BCUT2D eigenvalue weighted by atomic mass is 10.0. The van der Waals surface area contributed by atoms with Crippen molar-refractivity contribution in [1.82, 2.24) is 5.43 Å². The second-order valence-electron chi connectivity index (χ2n) is 4.04.